The Morgan fingerprint density at radius 2 is 1.87 bits per heavy atom. The Hall–Kier alpha value is -3.69. The van der Waals surface area contributed by atoms with Crippen molar-refractivity contribution in [3.05, 3.63) is 87.0 Å². The molecule has 156 valence electrons. The zero-order chi connectivity index (χ0) is 22.1. The molecule has 0 spiro atoms. The van der Waals surface area contributed by atoms with Gasteiger partial charge in [0.15, 0.2) is 0 Å². The number of benzene rings is 2. The number of halogens is 4. The monoisotopic (exact) mass is 420 g/mol. The van der Waals surface area contributed by atoms with Gasteiger partial charge in [-0.25, -0.2) is 4.39 Å². The van der Waals surface area contributed by atoms with Gasteiger partial charge in [-0.1, -0.05) is 6.07 Å². The summed E-state index contributed by atoms with van der Waals surface area (Å²) >= 11 is 0. The van der Waals surface area contributed by atoms with Crippen molar-refractivity contribution in [3.8, 4) is 5.69 Å². The van der Waals surface area contributed by atoms with Crippen LogP contribution in [-0.4, -0.2) is 15.7 Å². The van der Waals surface area contributed by atoms with Crippen molar-refractivity contribution in [1.29, 1.82) is 0 Å². The highest BCUT2D eigenvalue weighted by Crippen LogP contribution is 2.35. The largest absolute Gasteiger partial charge is 0.416 e. The number of alkyl halides is 3. The van der Waals surface area contributed by atoms with Gasteiger partial charge in [0, 0.05) is 28.7 Å². The van der Waals surface area contributed by atoms with Crippen LogP contribution in [0.25, 0.3) is 5.69 Å². The maximum atomic E-state index is 13.5. The van der Waals surface area contributed by atoms with Crippen LogP contribution in [0, 0.1) is 29.8 Å². The van der Waals surface area contributed by atoms with Crippen LogP contribution in [0.1, 0.15) is 22.5 Å². The van der Waals surface area contributed by atoms with Crippen LogP contribution in [0.3, 0.4) is 0 Å². The number of rotatable bonds is 5. The minimum absolute atomic E-state index is 0.178. The molecule has 1 heterocycles. The van der Waals surface area contributed by atoms with Gasteiger partial charge in [0.1, 0.15) is 11.5 Å². The number of nitrogens with one attached hydrogen (secondary N) is 1. The lowest BCUT2D eigenvalue weighted by Gasteiger charge is -2.09. The standard InChI is InChI=1S/C20H16F4N4O2/c1-12-8-14(13(2)27(12)17-5-3-4-16(21)10-17)11-25-26-18-7-6-15(20(22,23)24)9-19(18)28(29)30/h3-11,26H,1-2H3/b25-11-. The Bertz CT molecular complexity index is 1140. The van der Waals surface area contributed by atoms with E-state index in [1.54, 1.807) is 25.1 Å². The maximum Gasteiger partial charge on any atom is 0.416 e. The van der Waals surface area contributed by atoms with E-state index in [0.29, 0.717) is 17.3 Å². The van der Waals surface area contributed by atoms with Gasteiger partial charge in [-0.3, -0.25) is 15.5 Å². The molecule has 0 saturated heterocycles. The Kier molecular flexibility index (Phi) is 5.59. The van der Waals surface area contributed by atoms with Gasteiger partial charge < -0.3 is 4.57 Å². The molecule has 0 aliphatic carbocycles. The van der Waals surface area contributed by atoms with Crippen LogP contribution in [0.15, 0.2) is 53.6 Å². The van der Waals surface area contributed by atoms with Gasteiger partial charge in [0.05, 0.1) is 16.7 Å². The Morgan fingerprint density at radius 1 is 1.13 bits per heavy atom. The number of aryl methyl sites for hydroxylation is 1. The number of nitro groups is 1. The zero-order valence-electron chi connectivity index (χ0n) is 15.9. The quantitative estimate of drug-likeness (QED) is 0.253. The summed E-state index contributed by atoms with van der Waals surface area (Å²) in [7, 11) is 0. The lowest BCUT2D eigenvalue weighted by Crippen LogP contribution is -2.06. The smallest absolute Gasteiger partial charge is 0.318 e. The average molecular weight is 420 g/mol. The molecule has 6 nitrogen and oxygen atoms in total. The Labute approximate surface area is 168 Å². The number of nitrogens with zero attached hydrogens (tertiary/aromatic N) is 3. The van der Waals surface area contributed by atoms with Gasteiger partial charge in [0.2, 0.25) is 0 Å². The molecule has 0 amide bonds. The van der Waals surface area contributed by atoms with Crippen LogP contribution in [0.2, 0.25) is 0 Å². The summed E-state index contributed by atoms with van der Waals surface area (Å²) in [6.45, 7) is 3.61. The first-order valence-electron chi connectivity index (χ1n) is 8.67. The van der Waals surface area contributed by atoms with Crippen molar-refractivity contribution in [3.63, 3.8) is 0 Å². The highest BCUT2D eigenvalue weighted by Gasteiger charge is 2.33. The van der Waals surface area contributed by atoms with Crippen molar-refractivity contribution < 1.29 is 22.5 Å². The molecule has 30 heavy (non-hydrogen) atoms. The summed E-state index contributed by atoms with van der Waals surface area (Å²) in [4.78, 5) is 10.2. The van der Waals surface area contributed by atoms with E-state index in [9.17, 15) is 27.7 Å². The van der Waals surface area contributed by atoms with Crippen LogP contribution in [0.4, 0.5) is 28.9 Å². The fourth-order valence-corrected chi connectivity index (χ4v) is 3.06. The summed E-state index contributed by atoms with van der Waals surface area (Å²) in [6, 6.07) is 9.97. The first kappa shape index (κ1) is 21.0. The van der Waals surface area contributed by atoms with E-state index < -0.39 is 22.4 Å². The molecule has 3 rings (SSSR count). The fraction of sp³-hybridized carbons (Fsp3) is 0.150. The molecule has 10 heteroatoms. The van der Waals surface area contributed by atoms with Crippen LogP contribution < -0.4 is 5.43 Å². The number of hydrogen-bond donors (Lipinski definition) is 1. The Balaban J connectivity index is 1.88. The molecular formula is C20H16F4N4O2. The molecule has 0 aliphatic heterocycles. The van der Waals surface area contributed by atoms with E-state index in [2.05, 4.69) is 10.5 Å². The topological polar surface area (TPSA) is 72.5 Å². The van der Waals surface area contributed by atoms with Crippen LogP contribution in [0.5, 0.6) is 0 Å². The van der Waals surface area contributed by atoms with Gasteiger partial charge in [-0.15, -0.1) is 0 Å². The number of nitro benzene ring substituents is 1. The third-order valence-electron chi connectivity index (χ3n) is 4.45. The third-order valence-corrected chi connectivity index (χ3v) is 4.45. The van der Waals surface area contributed by atoms with Crippen molar-refractivity contribution in [2.24, 2.45) is 5.10 Å². The van der Waals surface area contributed by atoms with E-state index in [-0.39, 0.29) is 11.5 Å². The number of anilines is 1. The molecule has 0 radical (unpaired) electrons. The highest BCUT2D eigenvalue weighted by molar-refractivity contribution is 5.83. The average Bonchev–Trinajstić information content (AvgIpc) is 2.94. The summed E-state index contributed by atoms with van der Waals surface area (Å²) in [5.74, 6) is -0.383. The molecular weight excluding hydrogens is 404 g/mol. The van der Waals surface area contributed by atoms with E-state index in [1.807, 2.05) is 11.5 Å². The minimum atomic E-state index is -4.69. The van der Waals surface area contributed by atoms with Crippen molar-refractivity contribution in [2.45, 2.75) is 20.0 Å². The second-order valence-corrected chi connectivity index (χ2v) is 6.50. The third kappa shape index (κ3) is 4.32. The van der Waals surface area contributed by atoms with E-state index in [1.165, 1.54) is 18.3 Å². The lowest BCUT2D eigenvalue weighted by atomic mass is 10.1. The minimum Gasteiger partial charge on any atom is -0.318 e. The second kappa shape index (κ2) is 7.97. The van der Waals surface area contributed by atoms with Gasteiger partial charge in [0.25, 0.3) is 5.69 Å². The van der Waals surface area contributed by atoms with Crippen molar-refractivity contribution in [2.75, 3.05) is 5.43 Å². The SMILES string of the molecule is Cc1cc(/C=N\Nc2ccc(C(F)(F)F)cc2[N+](=O)[O-])c(C)n1-c1cccc(F)c1. The molecule has 1 aromatic heterocycles. The van der Waals surface area contributed by atoms with Crippen molar-refractivity contribution >= 4 is 17.6 Å². The van der Waals surface area contributed by atoms with E-state index >= 15 is 0 Å². The summed E-state index contributed by atoms with van der Waals surface area (Å²) in [5.41, 5.74) is 3.19. The highest BCUT2D eigenvalue weighted by atomic mass is 19.4. The Morgan fingerprint density at radius 3 is 2.50 bits per heavy atom. The normalized spacial score (nSPS) is 11.8. The van der Waals surface area contributed by atoms with Gasteiger partial charge in [-0.05, 0) is 50.2 Å². The van der Waals surface area contributed by atoms with E-state index in [4.69, 9.17) is 0 Å². The number of aromatic nitrogens is 1. The predicted octanol–water partition coefficient (Wildman–Crippen LogP) is 5.61. The van der Waals surface area contributed by atoms with Crippen LogP contribution >= 0.6 is 0 Å². The lowest BCUT2D eigenvalue weighted by molar-refractivity contribution is -0.384. The molecule has 1 N–H and O–H groups in total. The fourth-order valence-electron chi connectivity index (χ4n) is 3.06. The second-order valence-electron chi connectivity index (χ2n) is 6.50. The molecule has 0 aliphatic rings. The number of hydrazone groups is 1. The van der Waals surface area contributed by atoms with Crippen molar-refractivity contribution in [1.82, 2.24) is 4.57 Å². The summed E-state index contributed by atoms with van der Waals surface area (Å²) in [6.07, 6.45) is -3.31. The molecule has 0 fully saturated rings. The van der Waals surface area contributed by atoms with Gasteiger partial charge >= 0.3 is 6.18 Å². The summed E-state index contributed by atoms with van der Waals surface area (Å²) < 4.78 is 53.7. The van der Waals surface area contributed by atoms with Crippen LogP contribution in [-0.2, 0) is 6.18 Å². The van der Waals surface area contributed by atoms with Gasteiger partial charge in [-0.2, -0.15) is 18.3 Å². The first-order valence-corrected chi connectivity index (χ1v) is 8.67. The molecule has 2 aromatic carbocycles. The molecule has 0 bridgehead atoms. The first-order chi connectivity index (χ1) is 14.1. The molecule has 0 atom stereocenters. The zero-order valence-corrected chi connectivity index (χ0v) is 15.9. The maximum absolute atomic E-state index is 13.5. The van der Waals surface area contributed by atoms with E-state index in [0.717, 1.165) is 23.5 Å². The summed E-state index contributed by atoms with van der Waals surface area (Å²) in [5, 5.41) is 15.1. The number of hydrogen-bond acceptors (Lipinski definition) is 4. The molecule has 0 unspecified atom stereocenters. The molecule has 3 aromatic rings. The predicted molar refractivity (Wildman–Crippen MR) is 105 cm³/mol. The molecule has 0 saturated carbocycles.